The average Bonchev–Trinajstić information content (AvgIpc) is 3.37. The van der Waals surface area contributed by atoms with Gasteiger partial charge in [0, 0.05) is 22.9 Å². The number of benzene rings is 2. The minimum atomic E-state index is -0.637. The fourth-order valence-corrected chi connectivity index (χ4v) is 5.01. The van der Waals surface area contributed by atoms with Gasteiger partial charge in [0.1, 0.15) is 6.23 Å². The van der Waals surface area contributed by atoms with Crippen molar-refractivity contribution in [3.8, 4) is 0 Å². The smallest absolute Gasteiger partial charge is 0.184 e. The summed E-state index contributed by atoms with van der Waals surface area (Å²) in [4.78, 5) is 4.31. The molecule has 134 valence electrons. The number of hydrogen-bond donors (Lipinski definition) is 2. The summed E-state index contributed by atoms with van der Waals surface area (Å²) in [7, 11) is 0. The largest absolute Gasteiger partial charge is 0.373 e. The van der Waals surface area contributed by atoms with Gasteiger partial charge in [-0.3, -0.25) is 0 Å². The summed E-state index contributed by atoms with van der Waals surface area (Å²) < 4.78 is 0. The third-order valence-electron chi connectivity index (χ3n) is 5.61. The summed E-state index contributed by atoms with van der Waals surface area (Å²) in [5.74, 6) is 0.148. The zero-order chi connectivity index (χ0) is 17.8. The highest BCUT2D eigenvalue weighted by molar-refractivity contribution is 7.13. The Kier molecular flexibility index (Phi) is 5.05. The SMILES string of the molecule is OC(Nc1nccs1)C1(C(c2ccccc2)c2ccccc2)CCCC1. The molecule has 1 unspecified atom stereocenters. The van der Waals surface area contributed by atoms with Crippen molar-refractivity contribution in [3.05, 3.63) is 83.4 Å². The zero-order valence-electron chi connectivity index (χ0n) is 14.7. The topological polar surface area (TPSA) is 45.1 Å². The van der Waals surface area contributed by atoms with Crippen LogP contribution in [-0.2, 0) is 0 Å². The van der Waals surface area contributed by atoms with E-state index >= 15 is 0 Å². The van der Waals surface area contributed by atoms with Crippen molar-refractivity contribution in [2.45, 2.75) is 37.8 Å². The summed E-state index contributed by atoms with van der Waals surface area (Å²) in [6, 6.07) is 21.2. The molecule has 0 spiro atoms. The molecule has 1 heterocycles. The first-order valence-corrected chi connectivity index (χ1v) is 10.1. The van der Waals surface area contributed by atoms with Gasteiger partial charge in [-0.15, -0.1) is 11.3 Å². The highest BCUT2D eigenvalue weighted by Crippen LogP contribution is 2.54. The van der Waals surface area contributed by atoms with Crippen LogP contribution in [0.1, 0.15) is 42.7 Å². The fraction of sp³-hybridized carbons (Fsp3) is 0.318. The third kappa shape index (κ3) is 3.27. The number of aromatic nitrogens is 1. The molecular weight excluding hydrogens is 340 g/mol. The average molecular weight is 365 g/mol. The lowest BCUT2D eigenvalue weighted by molar-refractivity contribution is 0.0370. The minimum Gasteiger partial charge on any atom is -0.373 e. The van der Waals surface area contributed by atoms with Crippen LogP contribution < -0.4 is 5.32 Å². The molecule has 2 N–H and O–H groups in total. The summed E-state index contributed by atoms with van der Waals surface area (Å²) in [6.07, 6.45) is 5.43. The molecule has 1 fully saturated rings. The van der Waals surface area contributed by atoms with E-state index in [9.17, 15) is 5.11 Å². The molecule has 1 aromatic heterocycles. The van der Waals surface area contributed by atoms with E-state index < -0.39 is 6.23 Å². The van der Waals surface area contributed by atoms with Crippen LogP contribution in [0.25, 0.3) is 0 Å². The second kappa shape index (κ2) is 7.60. The maximum absolute atomic E-state index is 11.3. The van der Waals surface area contributed by atoms with Crippen LogP contribution in [0.3, 0.4) is 0 Å². The summed E-state index contributed by atoms with van der Waals surface area (Å²) in [5, 5.41) is 17.3. The van der Waals surface area contributed by atoms with Gasteiger partial charge in [-0.05, 0) is 24.0 Å². The first-order valence-electron chi connectivity index (χ1n) is 9.24. The lowest BCUT2D eigenvalue weighted by Gasteiger charge is -2.42. The zero-order valence-corrected chi connectivity index (χ0v) is 15.5. The summed E-state index contributed by atoms with van der Waals surface area (Å²) in [6.45, 7) is 0. The van der Waals surface area contributed by atoms with Crippen molar-refractivity contribution in [3.63, 3.8) is 0 Å². The van der Waals surface area contributed by atoms with Gasteiger partial charge in [0.15, 0.2) is 5.13 Å². The Morgan fingerprint density at radius 2 is 1.50 bits per heavy atom. The predicted octanol–water partition coefficient (Wildman–Crippen LogP) is 5.27. The van der Waals surface area contributed by atoms with Crippen LogP contribution >= 0.6 is 11.3 Å². The molecule has 4 heteroatoms. The molecule has 3 nitrogen and oxygen atoms in total. The second-order valence-electron chi connectivity index (χ2n) is 7.08. The number of thiazole rings is 1. The maximum Gasteiger partial charge on any atom is 0.184 e. The maximum atomic E-state index is 11.3. The Hall–Kier alpha value is -2.17. The van der Waals surface area contributed by atoms with Gasteiger partial charge >= 0.3 is 0 Å². The first kappa shape index (κ1) is 17.3. The van der Waals surface area contributed by atoms with E-state index in [1.807, 2.05) is 5.38 Å². The molecule has 1 atom stereocenters. The Labute approximate surface area is 158 Å². The number of hydrogen-bond acceptors (Lipinski definition) is 4. The van der Waals surface area contributed by atoms with Gasteiger partial charge < -0.3 is 10.4 Å². The lowest BCUT2D eigenvalue weighted by atomic mass is 9.66. The molecule has 0 saturated heterocycles. The normalized spacial score (nSPS) is 17.3. The van der Waals surface area contributed by atoms with Gasteiger partial charge in [0.25, 0.3) is 0 Å². The molecular formula is C22H24N2OS. The monoisotopic (exact) mass is 364 g/mol. The van der Waals surface area contributed by atoms with Crippen LogP contribution in [0, 0.1) is 5.41 Å². The number of nitrogens with one attached hydrogen (secondary N) is 1. The van der Waals surface area contributed by atoms with Crippen molar-refractivity contribution in [1.29, 1.82) is 0 Å². The Bertz CT molecular complexity index is 759. The van der Waals surface area contributed by atoms with Crippen molar-refractivity contribution in [1.82, 2.24) is 4.98 Å². The standard InChI is InChI=1S/C22H24N2OS/c25-20(24-21-23-15-16-26-21)22(13-7-8-14-22)19(17-9-3-1-4-10-17)18-11-5-2-6-12-18/h1-6,9-12,15-16,19-20,25H,7-8,13-14H2,(H,23,24). The van der Waals surface area contributed by atoms with Crippen molar-refractivity contribution in [2.75, 3.05) is 5.32 Å². The Balaban J connectivity index is 1.78. The van der Waals surface area contributed by atoms with Crippen molar-refractivity contribution in [2.24, 2.45) is 5.41 Å². The second-order valence-corrected chi connectivity index (χ2v) is 7.97. The first-order chi connectivity index (χ1) is 12.8. The van der Waals surface area contributed by atoms with Gasteiger partial charge in [-0.2, -0.15) is 0 Å². The van der Waals surface area contributed by atoms with E-state index in [2.05, 4.69) is 71.0 Å². The summed E-state index contributed by atoms with van der Waals surface area (Å²) in [5.41, 5.74) is 2.29. The molecule has 26 heavy (non-hydrogen) atoms. The molecule has 0 amide bonds. The molecule has 1 aliphatic rings. The molecule has 0 radical (unpaired) electrons. The number of nitrogens with zero attached hydrogens (tertiary/aromatic N) is 1. The number of aliphatic hydroxyl groups excluding tert-OH is 1. The number of rotatable bonds is 6. The van der Waals surface area contributed by atoms with E-state index in [1.165, 1.54) is 22.5 Å². The molecule has 1 saturated carbocycles. The molecule has 0 bridgehead atoms. The lowest BCUT2D eigenvalue weighted by Crippen LogP contribution is -2.43. The van der Waals surface area contributed by atoms with Crippen molar-refractivity contribution >= 4 is 16.5 Å². The molecule has 2 aromatic carbocycles. The molecule has 4 rings (SSSR count). The fourth-order valence-electron chi connectivity index (χ4n) is 4.46. The van der Waals surface area contributed by atoms with Gasteiger partial charge in [0.05, 0.1) is 0 Å². The van der Waals surface area contributed by atoms with Gasteiger partial charge in [-0.25, -0.2) is 4.98 Å². The van der Waals surface area contributed by atoms with E-state index in [0.29, 0.717) is 0 Å². The van der Waals surface area contributed by atoms with E-state index in [4.69, 9.17) is 0 Å². The van der Waals surface area contributed by atoms with Crippen LogP contribution in [0.15, 0.2) is 72.2 Å². The van der Waals surface area contributed by atoms with Crippen molar-refractivity contribution < 1.29 is 5.11 Å². The van der Waals surface area contributed by atoms with E-state index in [1.54, 1.807) is 6.20 Å². The highest BCUT2D eigenvalue weighted by atomic mass is 32.1. The number of aliphatic hydroxyl groups is 1. The van der Waals surface area contributed by atoms with E-state index in [-0.39, 0.29) is 11.3 Å². The molecule has 3 aromatic rings. The van der Waals surface area contributed by atoms with E-state index in [0.717, 1.165) is 30.8 Å². The molecule has 1 aliphatic carbocycles. The van der Waals surface area contributed by atoms with Gasteiger partial charge in [-0.1, -0.05) is 73.5 Å². The Morgan fingerprint density at radius 1 is 0.923 bits per heavy atom. The van der Waals surface area contributed by atoms with Crippen LogP contribution in [0.4, 0.5) is 5.13 Å². The van der Waals surface area contributed by atoms with Crippen LogP contribution in [0.5, 0.6) is 0 Å². The number of anilines is 1. The molecule has 0 aliphatic heterocycles. The minimum absolute atomic E-state index is 0.148. The predicted molar refractivity (Wildman–Crippen MR) is 107 cm³/mol. The Morgan fingerprint density at radius 3 is 2.00 bits per heavy atom. The quantitative estimate of drug-likeness (QED) is 0.586. The van der Waals surface area contributed by atoms with Gasteiger partial charge in [0.2, 0.25) is 0 Å². The van der Waals surface area contributed by atoms with Crippen LogP contribution in [0.2, 0.25) is 0 Å². The highest BCUT2D eigenvalue weighted by Gasteiger charge is 2.48. The van der Waals surface area contributed by atoms with Crippen LogP contribution in [-0.4, -0.2) is 16.3 Å². The third-order valence-corrected chi connectivity index (χ3v) is 6.32. The summed E-state index contributed by atoms with van der Waals surface area (Å²) >= 11 is 1.53.